The molecular formula is C16H29NO. The fourth-order valence-corrected chi connectivity index (χ4v) is 4.47. The highest BCUT2D eigenvalue weighted by Crippen LogP contribution is 2.57. The highest BCUT2D eigenvalue weighted by atomic mass is 16.5. The van der Waals surface area contributed by atoms with Gasteiger partial charge in [-0.05, 0) is 69.1 Å². The molecule has 0 heterocycles. The van der Waals surface area contributed by atoms with Crippen molar-refractivity contribution in [2.24, 2.45) is 17.3 Å². The van der Waals surface area contributed by atoms with Crippen molar-refractivity contribution >= 4 is 0 Å². The Morgan fingerprint density at radius 1 is 1.22 bits per heavy atom. The van der Waals surface area contributed by atoms with Crippen LogP contribution in [0.2, 0.25) is 0 Å². The van der Waals surface area contributed by atoms with Crippen molar-refractivity contribution < 1.29 is 4.74 Å². The van der Waals surface area contributed by atoms with Crippen molar-refractivity contribution in [3.05, 3.63) is 0 Å². The molecule has 0 aromatic heterocycles. The molecule has 0 amide bonds. The van der Waals surface area contributed by atoms with Crippen molar-refractivity contribution in [3.8, 4) is 0 Å². The molecule has 3 fully saturated rings. The summed E-state index contributed by atoms with van der Waals surface area (Å²) in [7, 11) is 0. The van der Waals surface area contributed by atoms with E-state index in [1.165, 1.54) is 57.9 Å². The summed E-state index contributed by atoms with van der Waals surface area (Å²) < 4.78 is 5.54. The minimum absolute atomic E-state index is 0.641. The molecule has 1 N–H and O–H groups in total. The van der Waals surface area contributed by atoms with Crippen LogP contribution in [0.1, 0.15) is 58.3 Å². The van der Waals surface area contributed by atoms with E-state index in [1.54, 1.807) is 0 Å². The van der Waals surface area contributed by atoms with Crippen LogP contribution in [-0.2, 0) is 4.74 Å². The van der Waals surface area contributed by atoms with Gasteiger partial charge in [0.25, 0.3) is 0 Å². The quantitative estimate of drug-likeness (QED) is 0.668. The van der Waals surface area contributed by atoms with Crippen LogP contribution in [0.3, 0.4) is 0 Å². The highest BCUT2D eigenvalue weighted by molar-refractivity contribution is 5.02. The van der Waals surface area contributed by atoms with Crippen LogP contribution in [0.15, 0.2) is 0 Å². The first-order valence-electron chi connectivity index (χ1n) is 8.13. The fourth-order valence-electron chi connectivity index (χ4n) is 4.47. The van der Waals surface area contributed by atoms with Gasteiger partial charge in [-0.2, -0.15) is 0 Å². The van der Waals surface area contributed by atoms with E-state index in [4.69, 9.17) is 4.74 Å². The molecule has 2 bridgehead atoms. The SMILES string of the molecule is CCOCCCC1(CNC2CC2)CC2CCC1C2. The summed E-state index contributed by atoms with van der Waals surface area (Å²) >= 11 is 0. The maximum Gasteiger partial charge on any atom is 0.0466 e. The molecule has 3 saturated carbocycles. The van der Waals surface area contributed by atoms with E-state index in [9.17, 15) is 0 Å². The van der Waals surface area contributed by atoms with Gasteiger partial charge >= 0.3 is 0 Å². The third-order valence-electron chi connectivity index (χ3n) is 5.59. The van der Waals surface area contributed by atoms with Gasteiger partial charge in [0.2, 0.25) is 0 Å². The minimum atomic E-state index is 0.641. The van der Waals surface area contributed by atoms with Crippen molar-refractivity contribution in [3.63, 3.8) is 0 Å². The Kier molecular flexibility index (Phi) is 3.95. The average Bonchev–Trinajstić information content (AvgIpc) is 3.01. The second-order valence-electron chi connectivity index (χ2n) is 6.90. The van der Waals surface area contributed by atoms with Gasteiger partial charge in [0.15, 0.2) is 0 Å². The number of nitrogens with one attached hydrogen (secondary N) is 1. The molecule has 3 rings (SSSR count). The summed E-state index contributed by atoms with van der Waals surface area (Å²) in [5, 5.41) is 3.82. The number of hydrogen-bond acceptors (Lipinski definition) is 2. The van der Waals surface area contributed by atoms with Gasteiger partial charge < -0.3 is 10.1 Å². The maximum absolute atomic E-state index is 5.54. The van der Waals surface area contributed by atoms with E-state index in [0.717, 1.165) is 31.1 Å². The summed E-state index contributed by atoms with van der Waals surface area (Å²) in [4.78, 5) is 0. The molecule has 3 aliphatic carbocycles. The van der Waals surface area contributed by atoms with Crippen LogP contribution in [0.25, 0.3) is 0 Å². The summed E-state index contributed by atoms with van der Waals surface area (Å²) in [5.41, 5.74) is 0.641. The molecule has 0 saturated heterocycles. The van der Waals surface area contributed by atoms with Crippen LogP contribution in [0.4, 0.5) is 0 Å². The van der Waals surface area contributed by atoms with Crippen molar-refractivity contribution in [2.45, 2.75) is 64.3 Å². The van der Waals surface area contributed by atoms with E-state index >= 15 is 0 Å². The van der Waals surface area contributed by atoms with Crippen LogP contribution in [0.5, 0.6) is 0 Å². The predicted molar refractivity (Wildman–Crippen MR) is 74.6 cm³/mol. The van der Waals surface area contributed by atoms with E-state index in [-0.39, 0.29) is 0 Å². The standard InChI is InChI=1S/C16H29NO/c1-2-18-9-3-8-16(12-17-15-6-7-15)11-13-4-5-14(16)10-13/h13-15,17H,2-12H2,1H3. The largest absolute Gasteiger partial charge is 0.382 e. The summed E-state index contributed by atoms with van der Waals surface area (Å²) in [6.45, 7) is 5.24. The number of rotatable bonds is 8. The molecule has 0 aromatic carbocycles. The Balaban J connectivity index is 1.53. The van der Waals surface area contributed by atoms with Crippen molar-refractivity contribution in [2.75, 3.05) is 19.8 Å². The summed E-state index contributed by atoms with van der Waals surface area (Å²) in [6, 6.07) is 0.868. The smallest absolute Gasteiger partial charge is 0.0466 e. The zero-order valence-electron chi connectivity index (χ0n) is 11.9. The molecule has 0 spiro atoms. The molecule has 0 radical (unpaired) electrons. The molecule has 2 nitrogen and oxygen atoms in total. The van der Waals surface area contributed by atoms with E-state index < -0.39 is 0 Å². The third kappa shape index (κ3) is 2.75. The second-order valence-corrected chi connectivity index (χ2v) is 6.90. The molecule has 3 unspecified atom stereocenters. The number of fused-ring (bicyclic) bond motifs is 2. The molecule has 18 heavy (non-hydrogen) atoms. The van der Waals surface area contributed by atoms with Gasteiger partial charge in [0.05, 0.1) is 0 Å². The van der Waals surface area contributed by atoms with Crippen molar-refractivity contribution in [1.29, 1.82) is 0 Å². The van der Waals surface area contributed by atoms with E-state index in [0.29, 0.717) is 5.41 Å². The Morgan fingerprint density at radius 2 is 2.11 bits per heavy atom. The highest BCUT2D eigenvalue weighted by Gasteiger charge is 2.50. The van der Waals surface area contributed by atoms with Gasteiger partial charge in [0, 0.05) is 25.8 Å². The average molecular weight is 251 g/mol. The molecule has 2 heteroatoms. The van der Waals surface area contributed by atoms with Gasteiger partial charge in [-0.3, -0.25) is 0 Å². The Hall–Kier alpha value is -0.0800. The Bertz CT molecular complexity index is 276. The first kappa shape index (κ1) is 12.9. The van der Waals surface area contributed by atoms with Crippen LogP contribution < -0.4 is 5.32 Å². The molecule has 3 atom stereocenters. The number of ether oxygens (including phenoxy) is 1. The van der Waals surface area contributed by atoms with Gasteiger partial charge in [0.1, 0.15) is 0 Å². The number of hydrogen-bond donors (Lipinski definition) is 1. The molecule has 3 aliphatic rings. The first-order valence-corrected chi connectivity index (χ1v) is 8.13. The Labute approximate surface area is 112 Å². The lowest BCUT2D eigenvalue weighted by molar-refractivity contribution is 0.0985. The first-order chi connectivity index (χ1) is 8.82. The minimum Gasteiger partial charge on any atom is -0.382 e. The van der Waals surface area contributed by atoms with Gasteiger partial charge in [-0.25, -0.2) is 0 Å². The zero-order chi connectivity index (χ0) is 12.4. The monoisotopic (exact) mass is 251 g/mol. The zero-order valence-corrected chi connectivity index (χ0v) is 11.9. The maximum atomic E-state index is 5.54. The predicted octanol–water partition coefficient (Wildman–Crippen LogP) is 3.36. The molecule has 0 aliphatic heterocycles. The normalized spacial score (nSPS) is 38.5. The van der Waals surface area contributed by atoms with E-state index in [2.05, 4.69) is 12.2 Å². The lowest BCUT2D eigenvalue weighted by Crippen LogP contribution is -2.39. The Morgan fingerprint density at radius 3 is 2.72 bits per heavy atom. The lowest BCUT2D eigenvalue weighted by Gasteiger charge is -2.38. The van der Waals surface area contributed by atoms with Crippen LogP contribution >= 0.6 is 0 Å². The lowest BCUT2D eigenvalue weighted by atomic mass is 9.70. The molecule has 0 aromatic rings. The fraction of sp³-hybridized carbons (Fsp3) is 1.00. The van der Waals surface area contributed by atoms with E-state index in [1.807, 2.05) is 0 Å². The summed E-state index contributed by atoms with van der Waals surface area (Å²) in [5.74, 6) is 2.08. The second kappa shape index (κ2) is 5.50. The molecular weight excluding hydrogens is 222 g/mol. The summed E-state index contributed by atoms with van der Waals surface area (Å²) in [6.07, 6.45) is 11.6. The van der Waals surface area contributed by atoms with Gasteiger partial charge in [-0.15, -0.1) is 0 Å². The van der Waals surface area contributed by atoms with Crippen LogP contribution in [0, 0.1) is 17.3 Å². The van der Waals surface area contributed by atoms with Gasteiger partial charge in [-0.1, -0.05) is 6.42 Å². The topological polar surface area (TPSA) is 21.3 Å². The third-order valence-corrected chi connectivity index (χ3v) is 5.59. The molecule has 104 valence electrons. The van der Waals surface area contributed by atoms with Crippen molar-refractivity contribution in [1.82, 2.24) is 5.32 Å². The van der Waals surface area contributed by atoms with Crippen LogP contribution in [-0.4, -0.2) is 25.8 Å².